The summed E-state index contributed by atoms with van der Waals surface area (Å²) in [6, 6.07) is 12.7. The van der Waals surface area contributed by atoms with E-state index in [-0.39, 0.29) is 24.7 Å². The molecule has 0 aliphatic carbocycles. The molecule has 3 rings (SSSR count). The number of halogens is 3. The van der Waals surface area contributed by atoms with E-state index in [1.54, 1.807) is 13.1 Å². The van der Waals surface area contributed by atoms with Gasteiger partial charge in [-0.1, -0.05) is 29.5 Å². The molecular formula is C17H15F3N4O2. The van der Waals surface area contributed by atoms with Gasteiger partial charge in [0.05, 0.1) is 5.52 Å². The number of likely N-dealkylation sites (N-methyl/N-ethyl adjacent to an activating group) is 1. The van der Waals surface area contributed by atoms with Gasteiger partial charge in [0, 0.05) is 13.6 Å². The van der Waals surface area contributed by atoms with Gasteiger partial charge in [-0.2, -0.15) is 0 Å². The third-order valence-electron chi connectivity index (χ3n) is 3.71. The second-order valence-corrected chi connectivity index (χ2v) is 5.68. The minimum atomic E-state index is -4.73. The third-order valence-corrected chi connectivity index (χ3v) is 3.71. The number of nitrogens with zero attached hydrogens (tertiary/aromatic N) is 4. The average Bonchev–Trinajstić information content (AvgIpc) is 2.98. The Morgan fingerprint density at radius 1 is 1.15 bits per heavy atom. The van der Waals surface area contributed by atoms with Crippen molar-refractivity contribution in [2.75, 3.05) is 7.05 Å². The number of hydrogen-bond acceptors (Lipinski definition) is 4. The molecule has 0 fully saturated rings. The van der Waals surface area contributed by atoms with Crippen molar-refractivity contribution in [1.29, 1.82) is 0 Å². The zero-order valence-corrected chi connectivity index (χ0v) is 13.8. The van der Waals surface area contributed by atoms with Crippen LogP contribution in [-0.4, -0.2) is 39.2 Å². The lowest BCUT2D eigenvalue weighted by atomic mass is 10.2. The van der Waals surface area contributed by atoms with Gasteiger partial charge in [0.25, 0.3) is 0 Å². The van der Waals surface area contributed by atoms with Crippen LogP contribution in [0.1, 0.15) is 5.56 Å². The highest BCUT2D eigenvalue weighted by molar-refractivity contribution is 5.79. The molecule has 0 atom stereocenters. The Balaban J connectivity index is 1.62. The van der Waals surface area contributed by atoms with E-state index < -0.39 is 6.36 Å². The SMILES string of the molecule is CN(Cc1ccc(OC(F)(F)F)cc1)C(=O)Cn1nnc2ccccc21. The van der Waals surface area contributed by atoms with Gasteiger partial charge in [0.2, 0.25) is 5.91 Å². The van der Waals surface area contributed by atoms with Crippen LogP contribution >= 0.6 is 0 Å². The van der Waals surface area contributed by atoms with Gasteiger partial charge in [0.1, 0.15) is 17.8 Å². The maximum atomic E-state index is 12.4. The van der Waals surface area contributed by atoms with E-state index in [1.807, 2.05) is 18.2 Å². The first-order valence-electron chi connectivity index (χ1n) is 7.69. The highest BCUT2D eigenvalue weighted by Gasteiger charge is 2.30. The van der Waals surface area contributed by atoms with Crippen LogP contribution in [-0.2, 0) is 17.9 Å². The summed E-state index contributed by atoms with van der Waals surface area (Å²) in [6.07, 6.45) is -4.73. The van der Waals surface area contributed by atoms with E-state index in [4.69, 9.17) is 0 Å². The normalized spacial score (nSPS) is 11.5. The highest BCUT2D eigenvalue weighted by Crippen LogP contribution is 2.23. The second-order valence-electron chi connectivity index (χ2n) is 5.68. The summed E-state index contributed by atoms with van der Waals surface area (Å²) in [6.45, 7) is 0.268. The van der Waals surface area contributed by atoms with Gasteiger partial charge in [-0.15, -0.1) is 18.3 Å². The quantitative estimate of drug-likeness (QED) is 0.698. The van der Waals surface area contributed by atoms with E-state index in [1.165, 1.54) is 33.8 Å². The summed E-state index contributed by atoms with van der Waals surface area (Å²) in [4.78, 5) is 13.8. The van der Waals surface area contributed by atoms with Gasteiger partial charge >= 0.3 is 6.36 Å². The van der Waals surface area contributed by atoms with Gasteiger partial charge in [-0.3, -0.25) is 4.79 Å². The number of carbonyl (C=O) groups is 1. The minimum absolute atomic E-state index is 0.0201. The fourth-order valence-corrected chi connectivity index (χ4v) is 2.44. The molecule has 2 aromatic carbocycles. The number of rotatable bonds is 5. The molecule has 3 aromatic rings. The van der Waals surface area contributed by atoms with Crippen LogP contribution in [0.25, 0.3) is 11.0 Å². The molecule has 0 saturated heterocycles. The molecule has 6 nitrogen and oxygen atoms in total. The molecule has 0 aliphatic rings. The van der Waals surface area contributed by atoms with Gasteiger partial charge < -0.3 is 9.64 Å². The highest BCUT2D eigenvalue weighted by atomic mass is 19.4. The molecule has 136 valence electrons. The number of hydrogen-bond donors (Lipinski definition) is 0. The van der Waals surface area contributed by atoms with Crippen LogP contribution in [0.5, 0.6) is 5.75 Å². The summed E-state index contributed by atoms with van der Waals surface area (Å²) >= 11 is 0. The Hall–Kier alpha value is -3.10. The fraction of sp³-hybridized carbons (Fsp3) is 0.235. The molecule has 1 heterocycles. The first kappa shape index (κ1) is 17.7. The third kappa shape index (κ3) is 4.29. The van der Waals surface area contributed by atoms with E-state index in [0.29, 0.717) is 11.1 Å². The molecule has 1 amide bonds. The topological polar surface area (TPSA) is 60.2 Å². The Kier molecular flexibility index (Phi) is 4.79. The lowest BCUT2D eigenvalue weighted by molar-refractivity contribution is -0.274. The van der Waals surface area contributed by atoms with Crippen molar-refractivity contribution in [2.24, 2.45) is 0 Å². The first-order valence-corrected chi connectivity index (χ1v) is 7.69. The molecule has 1 aromatic heterocycles. The van der Waals surface area contributed by atoms with Crippen LogP contribution in [0.15, 0.2) is 48.5 Å². The number of ether oxygens (including phenoxy) is 1. The van der Waals surface area contributed by atoms with Crippen molar-refractivity contribution in [1.82, 2.24) is 19.9 Å². The lowest BCUT2D eigenvalue weighted by Crippen LogP contribution is -2.30. The van der Waals surface area contributed by atoms with Crippen molar-refractivity contribution < 1.29 is 22.7 Å². The van der Waals surface area contributed by atoms with Crippen molar-refractivity contribution in [3.8, 4) is 5.75 Å². The van der Waals surface area contributed by atoms with E-state index in [0.717, 1.165) is 5.52 Å². The maximum absolute atomic E-state index is 12.4. The predicted octanol–water partition coefficient (Wildman–Crippen LogP) is 2.99. The zero-order chi connectivity index (χ0) is 18.7. The minimum Gasteiger partial charge on any atom is -0.406 e. The summed E-state index contributed by atoms with van der Waals surface area (Å²) in [5, 5.41) is 7.96. The Labute approximate surface area is 146 Å². The van der Waals surface area contributed by atoms with Crippen LogP contribution in [0.2, 0.25) is 0 Å². The van der Waals surface area contributed by atoms with Crippen LogP contribution in [0.3, 0.4) is 0 Å². The fourth-order valence-electron chi connectivity index (χ4n) is 2.44. The Bertz CT molecular complexity index is 906. The molecule has 0 aliphatic heterocycles. The summed E-state index contributed by atoms with van der Waals surface area (Å²) in [7, 11) is 1.61. The molecule has 26 heavy (non-hydrogen) atoms. The lowest BCUT2D eigenvalue weighted by Gasteiger charge is -2.17. The van der Waals surface area contributed by atoms with Gasteiger partial charge in [0.15, 0.2) is 0 Å². The van der Waals surface area contributed by atoms with Crippen molar-refractivity contribution in [3.05, 3.63) is 54.1 Å². The standard InChI is InChI=1S/C17H15F3N4O2/c1-23(10-12-6-8-13(9-7-12)26-17(18,19)20)16(25)11-24-15-5-3-2-4-14(15)21-22-24/h2-9H,10-11H2,1H3. The van der Waals surface area contributed by atoms with Crippen LogP contribution in [0, 0.1) is 0 Å². The largest absolute Gasteiger partial charge is 0.573 e. The smallest absolute Gasteiger partial charge is 0.406 e. The Morgan fingerprint density at radius 3 is 2.54 bits per heavy atom. The van der Waals surface area contributed by atoms with Gasteiger partial charge in [-0.05, 0) is 29.8 Å². The molecule has 0 unspecified atom stereocenters. The summed E-state index contributed by atoms with van der Waals surface area (Å²) in [5.41, 5.74) is 2.13. The zero-order valence-electron chi connectivity index (χ0n) is 13.8. The predicted molar refractivity (Wildman–Crippen MR) is 87.1 cm³/mol. The van der Waals surface area contributed by atoms with Crippen molar-refractivity contribution in [3.63, 3.8) is 0 Å². The van der Waals surface area contributed by atoms with E-state index >= 15 is 0 Å². The number of carbonyl (C=O) groups excluding carboxylic acids is 1. The molecule has 0 saturated carbocycles. The second kappa shape index (κ2) is 7.03. The number of aromatic nitrogens is 3. The number of para-hydroxylation sites is 1. The van der Waals surface area contributed by atoms with E-state index in [9.17, 15) is 18.0 Å². The molecule has 9 heteroatoms. The number of amides is 1. The summed E-state index contributed by atoms with van der Waals surface area (Å²) < 4.78 is 41.8. The molecule has 0 spiro atoms. The van der Waals surface area contributed by atoms with Gasteiger partial charge in [-0.25, -0.2) is 4.68 Å². The molecule has 0 radical (unpaired) electrons. The average molecular weight is 364 g/mol. The maximum Gasteiger partial charge on any atom is 0.573 e. The van der Waals surface area contributed by atoms with Crippen LogP contribution < -0.4 is 4.74 Å². The monoisotopic (exact) mass is 364 g/mol. The number of alkyl halides is 3. The van der Waals surface area contributed by atoms with Crippen LogP contribution in [0.4, 0.5) is 13.2 Å². The van der Waals surface area contributed by atoms with E-state index in [2.05, 4.69) is 15.0 Å². The number of benzene rings is 2. The molecule has 0 bridgehead atoms. The first-order chi connectivity index (χ1) is 12.3. The molecular weight excluding hydrogens is 349 g/mol. The number of fused-ring (bicyclic) bond motifs is 1. The molecule has 0 N–H and O–H groups in total. The Morgan fingerprint density at radius 2 is 1.85 bits per heavy atom. The summed E-state index contributed by atoms with van der Waals surface area (Å²) in [5.74, 6) is -0.499. The van der Waals surface area contributed by atoms with Crippen molar-refractivity contribution >= 4 is 16.9 Å². The van der Waals surface area contributed by atoms with Crippen molar-refractivity contribution in [2.45, 2.75) is 19.5 Å².